The molecule has 3 heteroatoms. The molecule has 0 spiro atoms. The fourth-order valence-electron chi connectivity index (χ4n) is 2.59. The highest BCUT2D eigenvalue weighted by molar-refractivity contribution is 5.27. The number of nitrogens with zero attached hydrogens (tertiary/aromatic N) is 2. The van der Waals surface area contributed by atoms with E-state index >= 15 is 0 Å². The Labute approximate surface area is 122 Å². The number of nitrogens with one attached hydrogen (secondary N) is 1. The minimum absolute atomic E-state index is 0.454. The van der Waals surface area contributed by atoms with Gasteiger partial charge in [0.15, 0.2) is 0 Å². The second-order valence-corrected chi connectivity index (χ2v) is 5.69. The molecule has 0 fully saturated rings. The second-order valence-electron chi connectivity index (χ2n) is 5.69. The van der Waals surface area contributed by atoms with E-state index in [9.17, 15) is 0 Å². The van der Waals surface area contributed by atoms with Crippen LogP contribution in [0.4, 0.5) is 0 Å². The molecule has 0 aliphatic carbocycles. The van der Waals surface area contributed by atoms with E-state index in [2.05, 4.69) is 62.4 Å². The van der Waals surface area contributed by atoms with Crippen molar-refractivity contribution in [1.29, 1.82) is 0 Å². The van der Waals surface area contributed by atoms with Gasteiger partial charge in [-0.1, -0.05) is 24.3 Å². The molecule has 1 heterocycles. The predicted octanol–water partition coefficient (Wildman–Crippen LogP) is 3.07. The Morgan fingerprint density at radius 3 is 2.50 bits per heavy atom. The van der Waals surface area contributed by atoms with E-state index in [1.807, 2.05) is 11.7 Å². The molecule has 108 valence electrons. The van der Waals surface area contributed by atoms with Crippen molar-refractivity contribution in [3.8, 4) is 0 Å². The molecule has 0 amide bonds. The maximum Gasteiger partial charge on any atom is 0.0641 e. The average molecular weight is 271 g/mol. The lowest BCUT2D eigenvalue weighted by Crippen LogP contribution is -2.28. The fraction of sp³-hybridized carbons (Fsp3) is 0.471. The van der Waals surface area contributed by atoms with Crippen LogP contribution in [0, 0.1) is 20.8 Å². The van der Waals surface area contributed by atoms with Crippen LogP contribution >= 0.6 is 0 Å². The molecule has 2 rings (SSSR count). The van der Waals surface area contributed by atoms with Gasteiger partial charge in [-0.05, 0) is 45.2 Å². The molecular formula is C17H25N3. The molecule has 20 heavy (non-hydrogen) atoms. The molecule has 0 radical (unpaired) electrons. The van der Waals surface area contributed by atoms with Gasteiger partial charge >= 0.3 is 0 Å². The Kier molecular flexibility index (Phi) is 4.61. The molecular weight excluding hydrogens is 246 g/mol. The van der Waals surface area contributed by atoms with Crippen LogP contribution in [-0.2, 0) is 20.0 Å². The van der Waals surface area contributed by atoms with Crippen molar-refractivity contribution in [2.24, 2.45) is 7.05 Å². The number of aromatic nitrogens is 2. The monoisotopic (exact) mass is 271 g/mol. The van der Waals surface area contributed by atoms with E-state index in [1.54, 1.807) is 0 Å². The SMILES string of the molecule is Cc1ccccc1CC(C)NCc1c(C)nn(C)c1C. The number of benzene rings is 1. The van der Waals surface area contributed by atoms with Crippen molar-refractivity contribution in [2.45, 2.75) is 46.7 Å². The third kappa shape index (κ3) is 3.28. The molecule has 0 bridgehead atoms. The third-order valence-electron chi connectivity index (χ3n) is 4.07. The minimum Gasteiger partial charge on any atom is -0.310 e. The molecule has 1 N–H and O–H groups in total. The summed E-state index contributed by atoms with van der Waals surface area (Å²) in [6, 6.07) is 9.06. The summed E-state index contributed by atoms with van der Waals surface area (Å²) < 4.78 is 1.96. The van der Waals surface area contributed by atoms with Gasteiger partial charge in [0.2, 0.25) is 0 Å². The second kappa shape index (κ2) is 6.23. The third-order valence-corrected chi connectivity index (χ3v) is 4.07. The van der Waals surface area contributed by atoms with Crippen LogP contribution in [0.25, 0.3) is 0 Å². The Bertz CT molecular complexity index is 584. The molecule has 0 aliphatic heterocycles. The summed E-state index contributed by atoms with van der Waals surface area (Å²) in [5.74, 6) is 0. The maximum atomic E-state index is 4.46. The number of hydrogen-bond donors (Lipinski definition) is 1. The normalized spacial score (nSPS) is 12.7. The molecule has 1 unspecified atom stereocenters. The molecule has 2 aromatic rings. The maximum absolute atomic E-state index is 4.46. The topological polar surface area (TPSA) is 29.9 Å². The lowest BCUT2D eigenvalue weighted by Gasteiger charge is -2.15. The lowest BCUT2D eigenvalue weighted by molar-refractivity contribution is 0.542. The molecule has 0 aliphatic rings. The highest BCUT2D eigenvalue weighted by atomic mass is 15.3. The van der Waals surface area contributed by atoms with E-state index < -0.39 is 0 Å². The van der Waals surface area contributed by atoms with Crippen molar-refractivity contribution in [2.75, 3.05) is 0 Å². The summed E-state index contributed by atoms with van der Waals surface area (Å²) in [4.78, 5) is 0. The van der Waals surface area contributed by atoms with E-state index in [4.69, 9.17) is 0 Å². The highest BCUT2D eigenvalue weighted by Crippen LogP contribution is 2.13. The van der Waals surface area contributed by atoms with E-state index in [0.29, 0.717) is 6.04 Å². The van der Waals surface area contributed by atoms with Crippen LogP contribution < -0.4 is 5.32 Å². The van der Waals surface area contributed by atoms with E-state index in [-0.39, 0.29) is 0 Å². The average Bonchev–Trinajstić information content (AvgIpc) is 2.64. The molecule has 3 nitrogen and oxygen atoms in total. The smallest absolute Gasteiger partial charge is 0.0641 e. The van der Waals surface area contributed by atoms with Gasteiger partial charge < -0.3 is 5.32 Å². The Balaban J connectivity index is 1.96. The fourth-order valence-corrected chi connectivity index (χ4v) is 2.59. The minimum atomic E-state index is 0.454. The van der Waals surface area contributed by atoms with Gasteiger partial charge in [0.05, 0.1) is 5.69 Å². The van der Waals surface area contributed by atoms with Crippen LogP contribution in [0.5, 0.6) is 0 Å². The Hall–Kier alpha value is -1.61. The van der Waals surface area contributed by atoms with Crippen LogP contribution in [0.1, 0.15) is 35.0 Å². The predicted molar refractivity (Wildman–Crippen MR) is 83.9 cm³/mol. The first-order valence-electron chi connectivity index (χ1n) is 7.26. The first-order valence-corrected chi connectivity index (χ1v) is 7.26. The zero-order valence-electron chi connectivity index (χ0n) is 13.2. The largest absolute Gasteiger partial charge is 0.310 e. The van der Waals surface area contributed by atoms with E-state index in [1.165, 1.54) is 22.4 Å². The summed E-state index contributed by atoms with van der Waals surface area (Å²) in [6.07, 6.45) is 1.06. The van der Waals surface area contributed by atoms with Crippen molar-refractivity contribution in [1.82, 2.24) is 15.1 Å². The summed E-state index contributed by atoms with van der Waals surface area (Å²) in [5.41, 5.74) is 6.49. The van der Waals surface area contributed by atoms with Gasteiger partial charge in [0.25, 0.3) is 0 Å². The zero-order chi connectivity index (χ0) is 14.7. The van der Waals surface area contributed by atoms with E-state index in [0.717, 1.165) is 18.7 Å². The summed E-state index contributed by atoms with van der Waals surface area (Å²) in [7, 11) is 2.00. The number of aryl methyl sites for hydroxylation is 3. The summed E-state index contributed by atoms with van der Waals surface area (Å²) in [5, 5.41) is 8.08. The van der Waals surface area contributed by atoms with Crippen LogP contribution in [0.3, 0.4) is 0 Å². The van der Waals surface area contributed by atoms with Gasteiger partial charge in [-0.25, -0.2) is 0 Å². The quantitative estimate of drug-likeness (QED) is 0.905. The first kappa shape index (κ1) is 14.8. The summed E-state index contributed by atoms with van der Waals surface area (Å²) in [6.45, 7) is 9.52. The Morgan fingerprint density at radius 1 is 1.20 bits per heavy atom. The number of rotatable bonds is 5. The van der Waals surface area contributed by atoms with Gasteiger partial charge in [0, 0.05) is 30.9 Å². The van der Waals surface area contributed by atoms with Crippen molar-refractivity contribution in [3.05, 3.63) is 52.3 Å². The first-order chi connectivity index (χ1) is 9.49. The molecule has 1 aromatic heterocycles. The Morgan fingerprint density at radius 2 is 1.90 bits per heavy atom. The van der Waals surface area contributed by atoms with Gasteiger partial charge in [0.1, 0.15) is 0 Å². The molecule has 1 aromatic carbocycles. The molecule has 0 saturated carbocycles. The zero-order valence-corrected chi connectivity index (χ0v) is 13.2. The van der Waals surface area contributed by atoms with Gasteiger partial charge in [-0.2, -0.15) is 5.10 Å². The van der Waals surface area contributed by atoms with Crippen LogP contribution in [-0.4, -0.2) is 15.8 Å². The van der Waals surface area contributed by atoms with Crippen molar-refractivity contribution < 1.29 is 0 Å². The van der Waals surface area contributed by atoms with Crippen molar-refractivity contribution in [3.63, 3.8) is 0 Å². The highest BCUT2D eigenvalue weighted by Gasteiger charge is 2.11. The van der Waals surface area contributed by atoms with Crippen LogP contribution in [0.2, 0.25) is 0 Å². The van der Waals surface area contributed by atoms with Gasteiger partial charge in [-0.3, -0.25) is 4.68 Å². The molecule has 0 saturated heterocycles. The standard InChI is InChI=1S/C17H25N3/c1-12-8-6-7-9-16(12)10-13(2)18-11-17-14(3)19-20(5)15(17)4/h6-9,13,18H,10-11H2,1-5H3. The van der Waals surface area contributed by atoms with Crippen molar-refractivity contribution >= 4 is 0 Å². The van der Waals surface area contributed by atoms with Crippen LogP contribution in [0.15, 0.2) is 24.3 Å². The molecule has 1 atom stereocenters. The number of hydrogen-bond acceptors (Lipinski definition) is 2. The lowest BCUT2D eigenvalue weighted by atomic mass is 10.0. The summed E-state index contributed by atoms with van der Waals surface area (Å²) >= 11 is 0. The van der Waals surface area contributed by atoms with Gasteiger partial charge in [-0.15, -0.1) is 0 Å².